The minimum Gasteiger partial charge on any atom is -0.389 e. The van der Waals surface area contributed by atoms with Gasteiger partial charge in [-0.25, -0.2) is 9.59 Å². The lowest BCUT2D eigenvalue weighted by molar-refractivity contribution is 0.0246. The normalized spacial score (nSPS) is 33.2. The zero-order valence-electron chi connectivity index (χ0n) is 12.6. The highest BCUT2D eigenvalue weighted by Gasteiger charge is 2.62. The molecule has 0 spiro atoms. The number of benzene rings is 1. The van der Waals surface area contributed by atoms with Crippen molar-refractivity contribution in [1.82, 2.24) is 0 Å². The highest BCUT2D eigenvalue weighted by atomic mass is 16.7. The van der Waals surface area contributed by atoms with Crippen molar-refractivity contribution in [3.63, 3.8) is 0 Å². The van der Waals surface area contributed by atoms with Crippen LogP contribution < -0.4 is 0 Å². The maximum atomic E-state index is 12.4. The number of fused-ring (bicyclic) bond motifs is 7. The molecule has 2 aliphatic heterocycles. The maximum absolute atomic E-state index is 12.4. The Morgan fingerprint density at radius 2 is 1.73 bits per heavy atom. The number of ether oxygens (including phenoxy) is 2. The van der Waals surface area contributed by atoms with E-state index in [0.29, 0.717) is 23.0 Å². The molecule has 5 rings (SSSR count). The Morgan fingerprint density at radius 3 is 2.41 bits per heavy atom. The first-order chi connectivity index (χ1) is 10.5. The molecule has 114 valence electrons. The molecule has 1 aromatic rings. The minimum atomic E-state index is -0.528. The molecule has 0 saturated heterocycles. The fourth-order valence-corrected chi connectivity index (χ4v) is 4.46. The maximum Gasteiger partial charge on any atom is 0.346 e. The molecule has 4 heteroatoms. The van der Waals surface area contributed by atoms with E-state index in [2.05, 4.69) is 13.5 Å². The first kappa shape index (κ1) is 13.6. The molecule has 2 heterocycles. The molecule has 4 aliphatic rings. The lowest BCUT2D eigenvalue weighted by Crippen LogP contribution is -2.15. The van der Waals surface area contributed by atoms with Gasteiger partial charge in [-0.1, -0.05) is 19.8 Å². The fraction of sp³-hybridized carbons (Fsp3) is 0.444. The Kier molecular flexibility index (Phi) is 2.74. The van der Waals surface area contributed by atoms with Crippen molar-refractivity contribution in [1.29, 1.82) is 0 Å². The predicted octanol–water partition coefficient (Wildman–Crippen LogP) is 3.56. The second-order valence-electron chi connectivity index (χ2n) is 6.69. The molecule has 22 heavy (non-hydrogen) atoms. The number of hydrogen-bond donors (Lipinski definition) is 0. The van der Waals surface area contributed by atoms with Crippen molar-refractivity contribution in [2.75, 3.05) is 0 Å². The van der Waals surface area contributed by atoms with Gasteiger partial charge >= 0.3 is 11.9 Å². The molecule has 0 N–H and O–H groups in total. The van der Waals surface area contributed by atoms with Gasteiger partial charge in [0.25, 0.3) is 5.95 Å². The summed E-state index contributed by atoms with van der Waals surface area (Å²) in [6.45, 7) is 5.68. The van der Waals surface area contributed by atoms with Gasteiger partial charge in [0.15, 0.2) is 0 Å². The summed E-state index contributed by atoms with van der Waals surface area (Å²) in [6.07, 6.45) is 4.87. The Balaban J connectivity index is 1.85. The third-order valence-electron chi connectivity index (χ3n) is 5.67. The van der Waals surface area contributed by atoms with Crippen LogP contribution in [0.2, 0.25) is 0 Å². The summed E-state index contributed by atoms with van der Waals surface area (Å²) in [4.78, 5) is 24.5. The quantitative estimate of drug-likeness (QED) is 0.744. The van der Waals surface area contributed by atoms with Gasteiger partial charge in [0, 0.05) is 0 Å². The highest BCUT2D eigenvalue weighted by molar-refractivity contribution is 5.97. The number of carbonyl (C=O) groups is 2. The fourth-order valence-electron chi connectivity index (χ4n) is 4.46. The van der Waals surface area contributed by atoms with Crippen molar-refractivity contribution in [3.05, 3.63) is 47.4 Å². The average Bonchev–Trinajstić information content (AvgIpc) is 3.11. The summed E-state index contributed by atoms with van der Waals surface area (Å²) >= 11 is 0. The van der Waals surface area contributed by atoms with Crippen LogP contribution >= 0.6 is 0 Å². The van der Waals surface area contributed by atoms with E-state index in [1.165, 1.54) is 25.7 Å². The molecule has 4 nitrogen and oxygen atoms in total. The lowest BCUT2D eigenvalue weighted by atomic mass is 9.87. The lowest BCUT2D eigenvalue weighted by Gasteiger charge is -2.16. The second-order valence-corrected chi connectivity index (χ2v) is 6.69. The summed E-state index contributed by atoms with van der Waals surface area (Å²) in [5, 5.41) is 0. The van der Waals surface area contributed by atoms with E-state index < -0.39 is 11.9 Å². The molecular formula is C18H18O4. The summed E-state index contributed by atoms with van der Waals surface area (Å²) in [5.74, 6) is -0.0846. The zero-order chi connectivity index (χ0) is 15.5. The molecule has 2 saturated carbocycles. The van der Waals surface area contributed by atoms with E-state index in [0.717, 1.165) is 5.56 Å². The van der Waals surface area contributed by atoms with E-state index in [1.54, 1.807) is 12.1 Å². The molecule has 2 unspecified atom stereocenters. The number of carbonyl (C=O) groups excluding carboxylic acids is 2. The topological polar surface area (TPSA) is 52.6 Å². The molecule has 2 aliphatic carbocycles. The van der Waals surface area contributed by atoms with E-state index in [1.807, 2.05) is 6.07 Å². The highest BCUT2D eigenvalue weighted by Crippen LogP contribution is 2.66. The Hall–Kier alpha value is -2.10. The third-order valence-corrected chi connectivity index (χ3v) is 5.67. The van der Waals surface area contributed by atoms with Crippen molar-refractivity contribution in [2.24, 2.45) is 11.8 Å². The summed E-state index contributed by atoms with van der Waals surface area (Å²) in [6, 6.07) is 5.12. The number of hydrogen-bond acceptors (Lipinski definition) is 4. The van der Waals surface area contributed by atoms with Crippen LogP contribution in [0.4, 0.5) is 0 Å². The van der Waals surface area contributed by atoms with Crippen molar-refractivity contribution < 1.29 is 19.1 Å². The first-order valence-electron chi connectivity index (χ1n) is 7.79. The summed E-state index contributed by atoms with van der Waals surface area (Å²) in [7, 11) is 0. The Labute approximate surface area is 129 Å². The van der Waals surface area contributed by atoms with Crippen LogP contribution in [-0.2, 0) is 14.9 Å². The van der Waals surface area contributed by atoms with Crippen LogP contribution in [-0.4, -0.2) is 11.9 Å². The molecular weight excluding hydrogens is 280 g/mol. The Morgan fingerprint density at radius 1 is 1.09 bits per heavy atom. The largest absolute Gasteiger partial charge is 0.389 e. The molecule has 2 bridgehead atoms. The summed E-state index contributed by atoms with van der Waals surface area (Å²) < 4.78 is 10.0. The van der Waals surface area contributed by atoms with Crippen LogP contribution in [0.25, 0.3) is 0 Å². The van der Waals surface area contributed by atoms with Gasteiger partial charge in [0.1, 0.15) is 0 Å². The van der Waals surface area contributed by atoms with Gasteiger partial charge in [0.05, 0.1) is 11.1 Å². The third kappa shape index (κ3) is 1.76. The van der Waals surface area contributed by atoms with Gasteiger partial charge in [-0.05, 0) is 60.4 Å². The summed E-state index contributed by atoms with van der Waals surface area (Å²) in [5.41, 5.74) is 1.87. The molecule has 0 aromatic heterocycles. The molecule has 0 radical (unpaired) electrons. The van der Waals surface area contributed by atoms with Crippen LogP contribution in [0.1, 0.15) is 58.9 Å². The molecule has 2 atom stereocenters. The van der Waals surface area contributed by atoms with E-state index in [9.17, 15) is 9.59 Å². The van der Waals surface area contributed by atoms with E-state index in [-0.39, 0.29) is 11.4 Å². The predicted molar refractivity (Wildman–Crippen MR) is 79.2 cm³/mol. The van der Waals surface area contributed by atoms with E-state index >= 15 is 0 Å². The van der Waals surface area contributed by atoms with Crippen LogP contribution in [0.3, 0.4) is 0 Å². The Bertz CT molecular complexity index is 691. The van der Waals surface area contributed by atoms with Gasteiger partial charge in [-0.3, -0.25) is 0 Å². The zero-order valence-corrected chi connectivity index (χ0v) is 12.6. The number of esters is 2. The van der Waals surface area contributed by atoms with Crippen LogP contribution in [0.5, 0.6) is 0 Å². The SMILES string of the molecule is C=C1OC(=O)c2ccc(c(C3(C)C4CCCCC43)c2)C(=O)O1. The van der Waals surface area contributed by atoms with Crippen molar-refractivity contribution >= 4 is 11.9 Å². The minimum absolute atomic E-state index is 0.0349. The van der Waals surface area contributed by atoms with Gasteiger partial charge in [0.2, 0.25) is 0 Å². The molecule has 2 fully saturated rings. The monoisotopic (exact) mass is 298 g/mol. The first-order valence-corrected chi connectivity index (χ1v) is 7.79. The van der Waals surface area contributed by atoms with Crippen LogP contribution in [0, 0.1) is 11.8 Å². The number of rotatable bonds is 1. The van der Waals surface area contributed by atoms with Gasteiger partial charge in [-0.2, -0.15) is 0 Å². The molecule has 0 amide bonds. The smallest absolute Gasteiger partial charge is 0.346 e. The second kappa shape index (κ2) is 4.45. The van der Waals surface area contributed by atoms with Gasteiger partial charge < -0.3 is 9.47 Å². The molecule has 1 aromatic carbocycles. The standard InChI is InChI=1S/C18H18O4/c1-10-21-16(19)11-7-8-12(17(20)22-10)15(9-11)18(2)13-5-3-4-6-14(13)18/h7-9,13-14H,1,3-6H2,2H3. The van der Waals surface area contributed by atoms with E-state index in [4.69, 9.17) is 9.47 Å². The van der Waals surface area contributed by atoms with Crippen molar-refractivity contribution in [3.8, 4) is 0 Å². The average molecular weight is 298 g/mol. The van der Waals surface area contributed by atoms with Gasteiger partial charge in [-0.15, -0.1) is 0 Å². The van der Waals surface area contributed by atoms with Crippen LogP contribution in [0.15, 0.2) is 30.7 Å². The van der Waals surface area contributed by atoms with Crippen molar-refractivity contribution in [2.45, 2.75) is 38.0 Å².